The molecular weight excluding hydrogens is 228 g/mol. The van der Waals surface area contributed by atoms with Crippen molar-refractivity contribution in [1.82, 2.24) is 0 Å². The van der Waals surface area contributed by atoms with E-state index in [2.05, 4.69) is 0 Å². The Hall–Kier alpha value is -0.910. The molecule has 16 heavy (non-hydrogen) atoms. The molecule has 0 aliphatic carbocycles. The summed E-state index contributed by atoms with van der Waals surface area (Å²) in [5.41, 5.74) is 0.678. The smallest absolute Gasteiger partial charge is 0.186 e. The normalized spacial score (nSPS) is 17.1. The first-order chi connectivity index (χ1) is 7.66. The quantitative estimate of drug-likeness (QED) is 0.829. The predicted molar refractivity (Wildman–Crippen MR) is 59.0 cm³/mol. The number of aliphatic hydroxyl groups excluding tert-OH is 1. The summed E-state index contributed by atoms with van der Waals surface area (Å²) in [6, 6.07) is 6.82. The lowest BCUT2D eigenvalue weighted by Crippen LogP contribution is -2.41. The fourth-order valence-corrected chi connectivity index (χ4v) is 3.39. The first kappa shape index (κ1) is 11.6. The van der Waals surface area contributed by atoms with Crippen molar-refractivity contribution >= 4 is 9.84 Å². The zero-order chi connectivity index (χ0) is 11.6. The molecule has 2 rings (SSSR count). The van der Waals surface area contributed by atoms with Crippen LogP contribution in [-0.4, -0.2) is 38.6 Å². The molecule has 0 saturated carbocycles. The monoisotopic (exact) mass is 242 g/mol. The summed E-state index contributed by atoms with van der Waals surface area (Å²) in [4.78, 5) is 0.331. The highest BCUT2D eigenvalue weighted by atomic mass is 32.2. The van der Waals surface area contributed by atoms with E-state index in [-0.39, 0.29) is 19.8 Å². The molecule has 1 aliphatic heterocycles. The molecule has 0 atom stereocenters. The van der Waals surface area contributed by atoms with E-state index < -0.39 is 15.1 Å². The second-order valence-electron chi connectivity index (χ2n) is 3.79. The van der Waals surface area contributed by atoms with Crippen LogP contribution in [0.2, 0.25) is 0 Å². The van der Waals surface area contributed by atoms with Gasteiger partial charge in [0, 0.05) is 6.61 Å². The summed E-state index contributed by atoms with van der Waals surface area (Å²) in [5, 5.41) is 8.48. The molecule has 0 aromatic heterocycles. The van der Waals surface area contributed by atoms with Crippen LogP contribution in [0.15, 0.2) is 29.2 Å². The van der Waals surface area contributed by atoms with Gasteiger partial charge in [0.05, 0.1) is 18.1 Å². The van der Waals surface area contributed by atoms with Gasteiger partial charge in [-0.1, -0.05) is 18.2 Å². The van der Waals surface area contributed by atoms with Crippen LogP contribution in [0.1, 0.15) is 5.56 Å². The van der Waals surface area contributed by atoms with Crippen molar-refractivity contribution in [3.05, 3.63) is 29.8 Å². The Morgan fingerprint density at radius 3 is 2.56 bits per heavy atom. The zero-order valence-electron chi connectivity index (χ0n) is 8.80. The van der Waals surface area contributed by atoms with Crippen molar-refractivity contribution in [1.29, 1.82) is 0 Å². The summed E-state index contributed by atoms with van der Waals surface area (Å²) < 4.78 is 29.2. The first-order valence-electron chi connectivity index (χ1n) is 5.16. The highest BCUT2D eigenvalue weighted by molar-refractivity contribution is 7.92. The van der Waals surface area contributed by atoms with E-state index in [4.69, 9.17) is 9.84 Å². The van der Waals surface area contributed by atoms with Crippen molar-refractivity contribution in [2.24, 2.45) is 0 Å². The van der Waals surface area contributed by atoms with E-state index >= 15 is 0 Å². The maximum Gasteiger partial charge on any atom is 0.186 e. The number of benzene rings is 1. The van der Waals surface area contributed by atoms with Gasteiger partial charge in [0.2, 0.25) is 0 Å². The number of hydrogen-bond acceptors (Lipinski definition) is 4. The molecule has 0 unspecified atom stereocenters. The maximum absolute atomic E-state index is 12.1. The summed E-state index contributed by atoms with van der Waals surface area (Å²) in [7, 11) is -3.29. The van der Waals surface area contributed by atoms with Gasteiger partial charge in [-0.3, -0.25) is 0 Å². The fourth-order valence-electron chi connectivity index (χ4n) is 1.68. The van der Waals surface area contributed by atoms with Crippen LogP contribution >= 0.6 is 0 Å². The van der Waals surface area contributed by atoms with Crippen molar-refractivity contribution < 1.29 is 18.3 Å². The third-order valence-electron chi connectivity index (χ3n) is 2.71. The van der Waals surface area contributed by atoms with Crippen LogP contribution in [0.3, 0.4) is 0 Å². The van der Waals surface area contributed by atoms with Crippen LogP contribution in [0.4, 0.5) is 0 Å². The van der Waals surface area contributed by atoms with Crippen LogP contribution in [-0.2, 0) is 21.0 Å². The largest absolute Gasteiger partial charge is 0.396 e. The Labute approximate surface area is 94.8 Å². The fraction of sp³-hybridized carbons (Fsp3) is 0.455. The molecule has 1 saturated heterocycles. The minimum Gasteiger partial charge on any atom is -0.396 e. The number of hydrogen-bond donors (Lipinski definition) is 1. The maximum atomic E-state index is 12.1. The standard InChI is InChI=1S/C11H14O4S/c12-6-5-9-3-1-2-4-11(9)16(13,14)10-7-15-8-10/h1-4,10,12H,5-8H2. The molecule has 1 heterocycles. The van der Waals surface area contributed by atoms with Gasteiger partial charge < -0.3 is 9.84 Å². The van der Waals surface area contributed by atoms with Crippen molar-refractivity contribution in [3.8, 4) is 0 Å². The lowest BCUT2D eigenvalue weighted by Gasteiger charge is -2.26. The van der Waals surface area contributed by atoms with E-state index in [0.29, 0.717) is 16.9 Å². The Bertz CT molecular complexity index is 463. The van der Waals surface area contributed by atoms with Gasteiger partial charge in [-0.25, -0.2) is 8.42 Å². The summed E-state index contributed by atoms with van der Waals surface area (Å²) >= 11 is 0. The molecule has 88 valence electrons. The van der Waals surface area contributed by atoms with Crippen molar-refractivity contribution in [2.75, 3.05) is 19.8 Å². The van der Waals surface area contributed by atoms with Gasteiger partial charge >= 0.3 is 0 Å². The van der Waals surface area contributed by atoms with Gasteiger partial charge in [-0.15, -0.1) is 0 Å². The first-order valence-corrected chi connectivity index (χ1v) is 6.71. The van der Waals surface area contributed by atoms with E-state index in [0.717, 1.165) is 0 Å². The predicted octanol–water partition coefficient (Wildman–Crippen LogP) is 0.394. The number of rotatable bonds is 4. The molecule has 0 bridgehead atoms. The van der Waals surface area contributed by atoms with E-state index in [1.54, 1.807) is 24.3 Å². The second kappa shape index (κ2) is 4.53. The van der Waals surface area contributed by atoms with E-state index in [1.807, 2.05) is 0 Å². The molecule has 1 fully saturated rings. The van der Waals surface area contributed by atoms with Gasteiger partial charge in [0.1, 0.15) is 5.25 Å². The Morgan fingerprint density at radius 1 is 1.31 bits per heavy atom. The van der Waals surface area contributed by atoms with Crippen molar-refractivity contribution in [3.63, 3.8) is 0 Å². The molecule has 1 aromatic rings. The highest BCUT2D eigenvalue weighted by Gasteiger charge is 2.34. The lowest BCUT2D eigenvalue weighted by atomic mass is 10.2. The summed E-state index contributed by atoms with van der Waals surface area (Å²) in [6.07, 6.45) is 0.364. The average molecular weight is 242 g/mol. The van der Waals surface area contributed by atoms with E-state index in [9.17, 15) is 8.42 Å². The van der Waals surface area contributed by atoms with Crippen LogP contribution in [0, 0.1) is 0 Å². The SMILES string of the molecule is O=S(=O)(c1ccccc1CCO)C1COC1. The molecule has 1 N–H and O–H groups in total. The second-order valence-corrected chi connectivity index (χ2v) is 5.98. The Kier molecular flexibility index (Phi) is 3.28. The van der Waals surface area contributed by atoms with Crippen LogP contribution in [0.5, 0.6) is 0 Å². The number of sulfone groups is 1. The van der Waals surface area contributed by atoms with Crippen LogP contribution < -0.4 is 0 Å². The van der Waals surface area contributed by atoms with Crippen molar-refractivity contribution in [2.45, 2.75) is 16.6 Å². The highest BCUT2D eigenvalue weighted by Crippen LogP contribution is 2.24. The van der Waals surface area contributed by atoms with Gasteiger partial charge in [-0.05, 0) is 18.1 Å². The average Bonchev–Trinajstić information content (AvgIpc) is 2.15. The third kappa shape index (κ3) is 1.98. The molecule has 5 heteroatoms. The van der Waals surface area contributed by atoms with Gasteiger partial charge in [0.25, 0.3) is 0 Å². The summed E-state index contributed by atoms with van der Waals surface area (Å²) in [5.74, 6) is 0. The van der Waals surface area contributed by atoms with Gasteiger partial charge in [0.15, 0.2) is 9.84 Å². The Morgan fingerprint density at radius 2 is 2.00 bits per heavy atom. The molecular formula is C11H14O4S. The van der Waals surface area contributed by atoms with Crippen LogP contribution in [0.25, 0.3) is 0 Å². The number of aliphatic hydroxyl groups is 1. The summed E-state index contributed by atoms with van der Waals surface area (Å²) in [6.45, 7) is 0.499. The van der Waals surface area contributed by atoms with Gasteiger partial charge in [-0.2, -0.15) is 0 Å². The topological polar surface area (TPSA) is 63.6 Å². The molecule has 0 spiro atoms. The lowest BCUT2D eigenvalue weighted by molar-refractivity contribution is 0.0416. The molecule has 1 aliphatic rings. The number of ether oxygens (including phenoxy) is 1. The minimum atomic E-state index is -3.29. The molecule has 0 radical (unpaired) electrons. The van der Waals surface area contributed by atoms with E-state index in [1.165, 1.54) is 0 Å². The molecule has 4 nitrogen and oxygen atoms in total. The zero-order valence-corrected chi connectivity index (χ0v) is 9.61. The molecule has 0 amide bonds. The molecule has 1 aromatic carbocycles. The minimum absolute atomic E-state index is 0.0479. The third-order valence-corrected chi connectivity index (χ3v) is 4.87. The Balaban J connectivity index is 2.38.